The average Bonchev–Trinajstić information content (AvgIpc) is 4.38. The Balaban J connectivity index is 0.847. The zero-order chi connectivity index (χ0) is 59.6. The molecule has 4 fully saturated rings. The van der Waals surface area contributed by atoms with E-state index in [4.69, 9.17) is 5.73 Å². The molecule has 10 rings (SSSR count). The molecule has 2 aromatic heterocycles. The number of primary amides is 1. The number of hydrogen-bond donors (Lipinski definition) is 8. The van der Waals surface area contributed by atoms with Crippen molar-refractivity contribution >= 4 is 82.3 Å². The van der Waals surface area contributed by atoms with Gasteiger partial charge in [-0.05, 0) is 130 Å². The molecule has 0 radical (unpaired) electrons. The third-order valence-corrected chi connectivity index (χ3v) is 17.9. The maximum Gasteiger partial charge on any atom is 0.396 e. The van der Waals surface area contributed by atoms with Crippen LogP contribution in [0.2, 0.25) is 0 Å². The van der Waals surface area contributed by atoms with E-state index in [9.17, 15) is 57.5 Å². The molecule has 9 N–H and O–H groups in total. The molecule has 6 aromatic rings. The van der Waals surface area contributed by atoms with Gasteiger partial charge in [0.25, 0.3) is 11.4 Å². The summed E-state index contributed by atoms with van der Waals surface area (Å²) in [4.78, 5) is 161. The Labute approximate surface area is 482 Å². The fraction of sp³-hybridized carbons (Fsp3) is 0.400. The summed E-state index contributed by atoms with van der Waals surface area (Å²) in [6.07, 6.45) is 5.02. The lowest BCUT2D eigenvalue weighted by atomic mass is 9.79. The number of benzene rings is 4. The van der Waals surface area contributed by atoms with Crippen LogP contribution in [0, 0.1) is 11.8 Å². The topological polar surface area (TPSA) is 335 Å². The fourth-order valence-electron chi connectivity index (χ4n) is 12.6. The number of hydrogen-bond acceptors (Lipinski definition) is 11. The number of nitrogens with two attached hydrogens (primary N) is 1. The Morgan fingerprint density at radius 1 is 0.786 bits per heavy atom. The molecule has 0 spiro atoms. The first-order valence-electron chi connectivity index (χ1n) is 28.4. The summed E-state index contributed by atoms with van der Waals surface area (Å²) >= 11 is 0. The standard InChI is InChI=1S/C60H67N10O13P/c1-67-49-30-35(16-23-46(49)70(60(67)80)48-25-27-51(72)65-56(48)76)13-12-34-14-17-38(18-15-34)57(77)68-29-28-41-20-24-47(55(75)63-43(22-26-50(61)71)53(73)66-52(36-8-4-2-5-9-36)37-10-6-3-7-11-37)69(41)58(78)45(33-68)64-54(74)44-32-40-31-39(19-21-42(40)62-44)59(79)84(81,82)83/h2-11,16,19,21,23,30-32,34,38,41,43,45,47-48,52,62H,12-15,17-18,20,22,24-29,33H2,1H3,(H2,61,71)(H,63,75)(H,64,74)(H,66,73)(H,65,72,76)(H2,81,82,83)/t34-,38+,41-,43+,45+,47+,48?/m1/s1. The van der Waals surface area contributed by atoms with Gasteiger partial charge in [-0.2, -0.15) is 0 Å². The van der Waals surface area contributed by atoms with Crippen molar-refractivity contribution in [2.45, 2.75) is 120 Å². The van der Waals surface area contributed by atoms with Crippen molar-refractivity contribution in [3.63, 3.8) is 0 Å². The van der Waals surface area contributed by atoms with Crippen LogP contribution in [0.15, 0.2) is 108 Å². The maximum atomic E-state index is 15.2. The van der Waals surface area contributed by atoms with Gasteiger partial charge >= 0.3 is 13.3 Å². The lowest BCUT2D eigenvalue weighted by molar-refractivity contribution is -0.147. The number of aryl methyl sites for hydroxylation is 2. The van der Waals surface area contributed by atoms with Crippen LogP contribution in [0.4, 0.5) is 0 Å². The largest absolute Gasteiger partial charge is 0.396 e. The summed E-state index contributed by atoms with van der Waals surface area (Å²) in [5, 5.41) is 11.3. The predicted octanol–water partition coefficient (Wildman–Crippen LogP) is 3.90. The van der Waals surface area contributed by atoms with Crippen LogP contribution < -0.4 is 32.7 Å². The fourth-order valence-corrected chi connectivity index (χ4v) is 13.0. The SMILES string of the molecule is Cn1c(=O)n(C2CCC(=O)NC2=O)c2ccc(CC[C@H]3CC[C@@H](C(=O)N4CC[C@H]5CC[C@@H](C(=O)N[C@@H](CCC(N)=O)C(=O)NC(c6ccccc6)c6ccccc6)N5C(=O)[C@@H](NC(=O)c5cc6cc(C(=O)P(=O)(O)O)ccc6[nH]5)C4)CC3)cc21. The molecule has 84 heavy (non-hydrogen) atoms. The quantitative estimate of drug-likeness (QED) is 0.0448. The number of nitrogens with zero attached hydrogens (tertiary/aromatic N) is 4. The van der Waals surface area contributed by atoms with Gasteiger partial charge in [-0.3, -0.25) is 62.2 Å². The van der Waals surface area contributed by atoms with E-state index >= 15 is 4.79 Å². The molecule has 1 aliphatic carbocycles. The summed E-state index contributed by atoms with van der Waals surface area (Å²) in [5.41, 5.74) is 7.64. The van der Waals surface area contributed by atoms with Gasteiger partial charge in [-0.1, -0.05) is 66.7 Å². The Morgan fingerprint density at radius 3 is 2.15 bits per heavy atom. The van der Waals surface area contributed by atoms with E-state index in [1.807, 2.05) is 78.9 Å². The second-order valence-electron chi connectivity index (χ2n) is 22.5. The summed E-state index contributed by atoms with van der Waals surface area (Å²) < 4.78 is 14.8. The number of amides is 8. The number of aromatic nitrogens is 3. The van der Waals surface area contributed by atoms with Crippen LogP contribution in [0.25, 0.3) is 21.9 Å². The molecule has 5 atom stereocenters. The lowest BCUT2D eigenvalue weighted by Gasteiger charge is -2.40. The van der Waals surface area contributed by atoms with Crippen molar-refractivity contribution in [2.75, 3.05) is 13.1 Å². The Morgan fingerprint density at radius 2 is 1.49 bits per heavy atom. The predicted molar refractivity (Wildman–Crippen MR) is 306 cm³/mol. The zero-order valence-electron chi connectivity index (χ0n) is 46.2. The minimum atomic E-state index is -5.13. The zero-order valence-corrected chi connectivity index (χ0v) is 47.1. The summed E-state index contributed by atoms with van der Waals surface area (Å²) in [7, 11) is -3.48. The van der Waals surface area contributed by atoms with Crippen molar-refractivity contribution in [1.82, 2.24) is 45.2 Å². The van der Waals surface area contributed by atoms with E-state index in [2.05, 4.69) is 26.3 Å². The minimum absolute atomic E-state index is 0.0636. The van der Waals surface area contributed by atoms with Gasteiger partial charge in [0.2, 0.25) is 41.4 Å². The number of aromatic amines is 1. The van der Waals surface area contributed by atoms with Gasteiger partial charge < -0.3 is 46.3 Å². The normalized spacial score (nSPS) is 21.5. The summed E-state index contributed by atoms with van der Waals surface area (Å²) in [6.45, 7) is -0.0563. The second-order valence-corrected chi connectivity index (χ2v) is 24.0. The van der Waals surface area contributed by atoms with Crippen LogP contribution in [-0.4, -0.2) is 124 Å². The van der Waals surface area contributed by atoms with E-state index in [0.717, 1.165) is 36.0 Å². The highest BCUT2D eigenvalue weighted by Crippen LogP contribution is 2.40. The number of rotatable bonds is 18. The lowest BCUT2D eigenvalue weighted by Crippen LogP contribution is -2.62. The number of carbonyl (C=O) groups excluding carboxylic acids is 9. The monoisotopic (exact) mass is 1170 g/mol. The first kappa shape index (κ1) is 58.7. The van der Waals surface area contributed by atoms with E-state index in [1.165, 1.54) is 38.3 Å². The summed E-state index contributed by atoms with van der Waals surface area (Å²) in [5.74, 6) is -4.49. The third kappa shape index (κ3) is 12.7. The van der Waals surface area contributed by atoms with E-state index in [1.54, 1.807) is 11.9 Å². The van der Waals surface area contributed by atoms with Crippen LogP contribution >= 0.6 is 7.60 Å². The number of nitrogens with one attached hydrogen (secondary N) is 5. The highest BCUT2D eigenvalue weighted by molar-refractivity contribution is 7.70. The number of fused-ring (bicyclic) bond motifs is 3. The molecule has 24 heteroatoms. The summed E-state index contributed by atoms with van der Waals surface area (Å²) in [6, 6.07) is 23.6. The maximum absolute atomic E-state index is 15.2. The highest BCUT2D eigenvalue weighted by Gasteiger charge is 2.47. The van der Waals surface area contributed by atoms with Crippen molar-refractivity contribution in [2.24, 2.45) is 24.6 Å². The molecule has 8 amide bonds. The Bertz CT molecular complexity index is 3640. The molecule has 3 aliphatic heterocycles. The third-order valence-electron chi connectivity index (χ3n) is 17.1. The van der Waals surface area contributed by atoms with Gasteiger partial charge in [-0.25, -0.2) is 4.79 Å². The van der Waals surface area contributed by atoms with E-state index in [0.29, 0.717) is 48.7 Å². The van der Waals surface area contributed by atoms with Crippen LogP contribution in [0.3, 0.4) is 0 Å². The molecule has 0 bridgehead atoms. The highest BCUT2D eigenvalue weighted by atomic mass is 31.2. The first-order chi connectivity index (χ1) is 40.2. The Hall–Kier alpha value is -8.53. The van der Waals surface area contributed by atoms with Crippen molar-refractivity contribution in [3.8, 4) is 0 Å². The van der Waals surface area contributed by atoms with E-state index in [-0.39, 0.29) is 91.2 Å². The minimum Gasteiger partial charge on any atom is -0.370 e. The first-order valence-corrected chi connectivity index (χ1v) is 30.0. The number of piperidine rings is 1. The second kappa shape index (κ2) is 24.7. The van der Waals surface area contributed by atoms with Gasteiger partial charge in [0.15, 0.2) is 0 Å². The van der Waals surface area contributed by atoms with Crippen LogP contribution in [0.5, 0.6) is 0 Å². The Kier molecular flexibility index (Phi) is 17.3. The molecule has 1 saturated carbocycles. The molecule has 440 valence electrons. The van der Waals surface area contributed by atoms with Crippen LogP contribution in [0.1, 0.15) is 127 Å². The molecule has 5 heterocycles. The van der Waals surface area contributed by atoms with Crippen molar-refractivity contribution < 1.29 is 57.5 Å². The molecular formula is C60H67N10O13P. The van der Waals surface area contributed by atoms with E-state index < -0.39 is 84.8 Å². The van der Waals surface area contributed by atoms with Gasteiger partial charge in [0.05, 0.1) is 17.1 Å². The van der Waals surface area contributed by atoms with Gasteiger partial charge in [-0.15, -0.1) is 0 Å². The molecule has 1 unspecified atom stereocenters. The number of H-pyrrole nitrogens is 1. The van der Waals surface area contributed by atoms with Gasteiger partial charge in [0, 0.05) is 61.4 Å². The molecular weight excluding hydrogens is 1100 g/mol. The molecule has 3 saturated heterocycles. The molecule has 4 aliphatic rings. The number of carbonyl (C=O) groups is 9. The molecule has 4 aromatic carbocycles. The number of imidazole rings is 1. The number of imide groups is 1. The average molecular weight is 1170 g/mol. The van der Waals surface area contributed by atoms with Crippen molar-refractivity contribution in [3.05, 3.63) is 142 Å². The van der Waals surface area contributed by atoms with Crippen LogP contribution in [-0.2, 0) is 51.6 Å². The van der Waals surface area contributed by atoms with Crippen molar-refractivity contribution in [1.29, 1.82) is 0 Å². The van der Waals surface area contributed by atoms with Gasteiger partial charge in [0.1, 0.15) is 29.9 Å². The smallest absolute Gasteiger partial charge is 0.370 e. The molecule has 23 nitrogen and oxygen atoms in total.